The molecule has 2 rings (SSSR count). The fourth-order valence-corrected chi connectivity index (χ4v) is 1.96. The molecular formula is C12H13BrFN3O. The first-order chi connectivity index (χ1) is 8.70. The largest absolute Gasteiger partial charge is 0.383 e. The van der Waals surface area contributed by atoms with Crippen LogP contribution >= 0.6 is 15.9 Å². The molecule has 1 heterocycles. The van der Waals surface area contributed by atoms with Gasteiger partial charge in [0.05, 0.1) is 12.3 Å². The molecule has 0 fully saturated rings. The molecule has 1 N–H and O–H groups in total. The van der Waals surface area contributed by atoms with E-state index < -0.39 is 0 Å². The van der Waals surface area contributed by atoms with E-state index in [1.54, 1.807) is 19.4 Å². The van der Waals surface area contributed by atoms with Gasteiger partial charge in [-0.2, -0.15) is 0 Å². The highest BCUT2D eigenvalue weighted by molar-refractivity contribution is 9.10. The minimum Gasteiger partial charge on any atom is -0.383 e. The summed E-state index contributed by atoms with van der Waals surface area (Å²) in [4.78, 5) is 4.21. The number of ether oxygens (including phenoxy) is 1. The van der Waals surface area contributed by atoms with Gasteiger partial charge in [-0.3, -0.25) is 0 Å². The first-order valence-electron chi connectivity index (χ1n) is 5.43. The maximum Gasteiger partial charge on any atom is 0.207 e. The number of methoxy groups -OCH3 is 1. The van der Waals surface area contributed by atoms with Crippen LogP contribution in [0.25, 0.3) is 0 Å². The maximum atomic E-state index is 13.0. The molecule has 6 heteroatoms. The van der Waals surface area contributed by atoms with Crippen molar-refractivity contribution in [2.24, 2.45) is 0 Å². The SMILES string of the molecule is COCCn1ccnc1Nc1ccc(F)cc1Br. The average molecular weight is 314 g/mol. The molecule has 0 aliphatic rings. The summed E-state index contributed by atoms with van der Waals surface area (Å²) in [5, 5.41) is 3.14. The number of halogens is 2. The van der Waals surface area contributed by atoms with E-state index >= 15 is 0 Å². The van der Waals surface area contributed by atoms with Crippen LogP contribution in [0.5, 0.6) is 0 Å². The summed E-state index contributed by atoms with van der Waals surface area (Å²) in [5.41, 5.74) is 0.765. The molecule has 0 unspecified atom stereocenters. The fourth-order valence-electron chi connectivity index (χ4n) is 1.51. The van der Waals surface area contributed by atoms with E-state index in [1.165, 1.54) is 12.1 Å². The quantitative estimate of drug-likeness (QED) is 0.921. The van der Waals surface area contributed by atoms with Gasteiger partial charge in [-0.15, -0.1) is 0 Å². The lowest BCUT2D eigenvalue weighted by atomic mass is 10.3. The van der Waals surface area contributed by atoms with Crippen molar-refractivity contribution in [1.82, 2.24) is 9.55 Å². The number of rotatable bonds is 5. The van der Waals surface area contributed by atoms with Gasteiger partial charge >= 0.3 is 0 Å². The molecule has 0 radical (unpaired) electrons. The van der Waals surface area contributed by atoms with Gasteiger partial charge in [0.25, 0.3) is 0 Å². The Kier molecular flexibility index (Phi) is 4.33. The smallest absolute Gasteiger partial charge is 0.207 e. The summed E-state index contributed by atoms with van der Waals surface area (Å²) in [5.74, 6) is 0.412. The number of imidazole rings is 1. The Morgan fingerprint density at radius 1 is 1.50 bits per heavy atom. The first kappa shape index (κ1) is 13.0. The number of aromatic nitrogens is 2. The predicted octanol–water partition coefficient (Wildman–Crippen LogP) is 3.17. The fraction of sp³-hybridized carbons (Fsp3) is 0.250. The Morgan fingerprint density at radius 3 is 3.06 bits per heavy atom. The maximum absolute atomic E-state index is 13.0. The lowest BCUT2D eigenvalue weighted by molar-refractivity contribution is 0.188. The molecule has 0 aliphatic heterocycles. The van der Waals surface area contributed by atoms with Gasteiger partial charge in [0.1, 0.15) is 5.82 Å². The normalized spacial score (nSPS) is 10.6. The molecule has 0 amide bonds. The van der Waals surface area contributed by atoms with Crippen LogP contribution in [0.2, 0.25) is 0 Å². The first-order valence-corrected chi connectivity index (χ1v) is 6.22. The molecule has 0 saturated carbocycles. The molecule has 1 aromatic heterocycles. The van der Waals surface area contributed by atoms with Gasteiger partial charge < -0.3 is 14.6 Å². The van der Waals surface area contributed by atoms with Crippen LogP contribution in [0.1, 0.15) is 0 Å². The number of hydrogen-bond acceptors (Lipinski definition) is 3. The second-order valence-corrected chi connectivity index (χ2v) is 4.54. The zero-order valence-corrected chi connectivity index (χ0v) is 11.4. The van der Waals surface area contributed by atoms with Crippen molar-refractivity contribution in [3.8, 4) is 0 Å². The van der Waals surface area contributed by atoms with Crippen molar-refractivity contribution in [3.63, 3.8) is 0 Å². The highest BCUT2D eigenvalue weighted by Crippen LogP contribution is 2.25. The highest BCUT2D eigenvalue weighted by atomic mass is 79.9. The van der Waals surface area contributed by atoms with Crippen molar-refractivity contribution in [1.29, 1.82) is 0 Å². The number of hydrogen-bond donors (Lipinski definition) is 1. The lowest BCUT2D eigenvalue weighted by Crippen LogP contribution is -2.07. The van der Waals surface area contributed by atoms with Crippen LogP contribution in [-0.2, 0) is 11.3 Å². The van der Waals surface area contributed by atoms with E-state index in [0.717, 1.165) is 5.69 Å². The molecule has 0 bridgehead atoms. The van der Waals surface area contributed by atoms with E-state index in [-0.39, 0.29) is 5.82 Å². The Hall–Kier alpha value is -1.40. The van der Waals surface area contributed by atoms with Gasteiger partial charge in [-0.05, 0) is 34.1 Å². The molecule has 0 saturated heterocycles. The number of nitrogens with one attached hydrogen (secondary N) is 1. The zero-order valence-electron chi connectivity index (χ0n) is 9.86. The Bertz CT molecular complexity index is 530. The van der Waals surface area contributed by atoms with Crippen LogP contribution in [0.15, 0.2) is 35.1 Å². The highest BCUT2D eigenvalue weighted by Gasteiger charge is 2.06. The molecule has 1 aromatic carbocycles. The third-order valence-electron chi connectivity index (χ3n) is 2.43. The lowest BCUT2D eigenvalue weighted by Gasteiger charge is -2.10. The summed E-state index contributed by atoms with van der Waals surface area (Å²) in [7, 11) is 1.65. The van der Waals surface area contributed by atoms with Crippen molar-refractivity contribution in [2.75, 3.05) is 19.0 Å². The molecule has 18 heavy (non-hydrogen) atoms. The van der Waals surface area contributed by atoms with Crippen molar-refractivity contribution in [2.45, 2.75) is 6.54 Å². The van der Waals surface area contributed by atoms with Crippen molar-refractivity contribution >= 4 is 27.6 Å². The van der Waals surface area contributed by atoms with Crippen molar-refractivity contribution < 1.29 is 9.13 Å². The number of benzene rings is 1. The number of nitrogens with zero attached hydrogens (tertiary/aromatic N) is 2. The van der Waals surface area contributed by atoms with Gasteiger partial charge in [-0.25, -0.2) is 9.37 Å². The van der Waals surface area contributed by atoms with Crippen LogP contribution in [0.4, 0.5) is 16.0 Å². The van der Waals surface area contributed by atoms with Gasteiger partial charge in [0.15, 0.2) is 0 Å². The summed E-state index contributed by atoms with van der Waals surface area (Å²) < 4.78 is 20.6. The topological polar surface area (TPSA) is 39.1 Å². The molecule has 0 atom stereocenters. The summed E-state index contributed by atoms with van der Waals surface area (Å²) >= 11 is 3.31. The van der Waals surface area contributed by atoms with Crippen LogP contribution < -0.4 is 5.32 Å². The van der Waals surface area contributed by atoms with E-state index in [1.807, 2.05) is 10.8 Å². The summed E-state index contributed by atoms with van der Waals surface area (Å²) in [6, 6.07) is 4.47. The van der Waals surface area contributed by atoms with Gasteiger partial charge in [-0.1, -0.05) is 0 Å². The molecule has 2 aromatic rings. The monoisotopic (exact) mass is 313 g/mol. The Balaban J connectivity index is 2.15. The standard InChI is InChI=1S/C12H13BrFN3O/c1-18-7-6-17-5-4-15-12(17)16-11-3-2-9(14)8-10(11)13/h2-5,8H,6-7H2,1H3,(H,15,16). The summed E-state index contributed by atoms with van der Waals surface area (Å²) in [6.07, 6.45) is 3.56. The minimum absolute atomic E-state index is 0.282. The van der Waals surface area contributed by atoms with E-state index in [4.69, 9.17) is 4.74 Å². The van der Waals surface area contributed by atoms with Gasteiger partial charge in [0, 0.05) is 30.5 Å². The van der Waals surface area contributed by atoms with Crippen LogP contribution in [0.3, 0.4) is 0 Å². The molecule has 0 aliphatic carbocycles. The number of anilines is 2. The second kappa shape index (κ2) is 5.97. The molecule has 96 valence electrons. The van der Waals surface area contributed by atoms with Gasteiger partial charge in [0.2, 0.25) is 5.95 Å². The van der Waals surface area contributed by atoms with Crippen LogP contribution in [0, 0.1) is 5.82 Å². The van der Waals surface area contributed by atoms with E-state index in [9.17, 15) is 4.39 Å². The molecule has 4 nitrogen and oxygen atoms in total. The average Bonchev–Trinajstić information content (AvgIpc) is 2.77. The van der Waals surface area contributed by atoms with E-state index in [2.05, 4.69) is 26.2 Å². The Morgan fingerprint density at radius 2 is 2.33 bits per heavy atom. The zero-order chi connectivity index (χ0) is 13.0. The third-order valence-corrected chi connectivity index (χ3v) is 3.09. The van der Waals surface area contributed by atoms with E-state index in [0.29, 0.717) is 23.6 Å². The molecule has 0 spiro atoms. The van der Waals surface area contributed by atoms with Crippen molar-refractivity contribution in [3.05, 3.63) is 40.9 Å². The predicted molar refractivity (Wildman–Crippen MR) is 71.5 cm³/mol. The second-order valence-electron chi connectivity index (χ2n) is 3.69. The summed E-state index contributed by atoms with van der Waals surface area (Å²) in [6.45, 7) is 1.31. The van der Waals surface area contributed by atoms with Crippen LogP contribution in [-0.4, -0.2) is 23.3 Å². The minimum atomic E-state index is -0.282. The third kappa shape index (κ3) is 3.08. The molecular weight excluding hydrogens is 301 g/mol. The Labute approximate surface area is 113 Å².